The molecule has 0 bridgehead atoms. The molecule has 2 heterocycles. The van der Waals surface area contributed by atoms with Gasteiger partial charge in [0, 0.05) is 41.3 Å². The van der Waals surface area contributed by atoms with Crippen LogP contribution in [0.3, 0.4) is 0 Å². The number of aromatic nitrogens is 1. The fourth-order valence-corrected chi connectivity index (χ4v) is 4.01. The molecular weight excluding hydrogens is 397 g/mol. The van der Waals surface area contributed by atoms with Crippen LogP contribution in [0.2, 0.25) is 0 Å². The van der Waals surface area contributed by atoms with E-state index >= 15 is 0 Å². The zero-order valence-corrected chi connectivity index (χ0v) is 17.6. The number of halogens is 1. The molecule has 1 aliphatic rings. The van der Waals surface area contributed by atoms with Crippen molar-refractivity contribution < 1.29 is 19.1 Å². The molecule has 1 aliphatic heterocycles. The fourth-order valence-electron chi connectivity index (χ4n) is 4.01. The van der Waals surface area contributed by atoms with Crippen LogP contribution in [0.15, 0.2) is 54.2 Å². The number of hydrogen-bond donors (Lipinski definition) is 2. The molecule has 1 fully saturated rings. The van der Waals surface area contributed by atoms with Crippen molar-refractivity contribution in [2.75, 3.05) is 27.2 Å². The second kappa shape index (κ2) is 8.00. The van der Waals surface area contributed by atoms with Crippen molar-refractivity contribution in [3.63, 3.8) is 0 Å². The van der Waals surface area contributed by atoms with Gasteiger partial charge in [0.15, 0.2) is 0 Å². The molecule has 1 unspecified atom stereocenters. The molecule has 1 saturated heterocycles. The molecule has 1 amide bonds. The summed E-state index contributed by atoms with van der Waals surface area (Å²) in [7, 11) is 3.77. The van der Waals surface area contributed by atoms with E-state index in [1.54, 1.807) is 13.1 Å². The molecule has 160 valence electrons. The Bertz CT molecular complexity index is 1210. The summed E-state index contributed by atoms with van der Waals surface area (Å²) in [6.07, 6.45) is 1.77. The van der Waals surface area contributed by atoms with E-state index in [-0.39, 0.29) is 11.3 Å². The normalized spacial score (nSPS) is 18.5. The van der Waals surface area contributed by atoms with Crippen LogP contribution >= 0.6 is 0 Å². The maximum atomic E-state index is 13.8. The van der Waals surface area contributed by atoms with Gasteiger partial charge in [-0.1, -0.05) is 18.2 Å². The van der Waals surface area contributed by atoms with E-state index in [4.69, 9.17) is 0 Å². The van der Waals surface area contributed by atoms with E-state index in [2.05, 4.69) is 4.98 Å². The predicted octanol–water partition coefficient (Wildman–Crippen LogP) is 3.60. The summed E-state index contributed by atoms with van der Waals surface area (Å²) >= 11 is 0. The van der Waals surface area contributed by atoms with Crippen LogP contribution in [0.1, 0.15) is 22.7 Å². The zero-order chi connectivity index (χ0) is 22.3. The number of carbonyl (C=O) groups excluding carboxylic acids is 2. The average molecular weight is 421 g/mol. The molecule has 6 nitrogen and oxygen atoms in total. The lowest BCUT2D eigenvalue weighted by Crippen LogP contribution is -2.35. The number of aliphatic hydroxyl groups excluding tert-OH is 1. The third kappa shape index (κ3) is 3.61. The molecule has 0 spiro atoms. The average Bonchev–Trinajstić information content (AvgIpc) is 3.27. The molecule has 0 radical (unpaired) electrons. The number of rotatable bonds is 5. The molecule has 2 N–H and O–H groups in total. The second-order valence-electron chi connectivity index (χ2n) is 8.05. The van der Waals surface area contributed by atoms with E-state index in [9.17, 15) is 19.1 Å². The number of aliphatic hydroxyl groups is 1. The number of H-pyrrole nitrogens is 1. The van der Waals surface area contributed by atoms with Gasteiger partial charge in [-0.05, 0) is 50.8 Å². The fraction of sp³-hybridized carbons (Fsp3) is 0.250. The van der Waals surface area contributed by atoms with E-state index in [1.165, 1.54) is 23.1 Å². The number of Topliss-reactive ketones (excluding diaryl/α,β-unsaturated/α-hetero) is 1. The van der Waals surface area contributed by atoms with Crippen LogP contribution in [0, 0.1) is 12.7 Å². The van der Waals surface area contributed by atoms with Gasteiger partial charge in [0.25, 0.3) is 11.7 Å². The highest BCUT2D eigenvalue weighted by atomic mass is 19.1. The summed E-state index contributed by atoms with van der Waals surface area (Å²) in [5.74, 6) is -2.11. The Morgan fingerprint density at radius 1 is 1.19 bits per heavy atom. The first-order valence-electron chi connectivity index (χ1n) is 10.0. The Balaban J connectivity index is 1.92. The van der Waals surface area contributed by atoms with Crippen LogP contribution in [0.25, 0.3) is 16.7 Å². The summed E-state index contributed by atoms with van der Waals surface area (Å²) in [6.45, 7) is 2.46. The van der Waals surface area contributed by atoms with Crippen molar-refractivity contribution in [2.45, 2.75) is 13.0 Å². The third-order valence-electron chi connectivity index (χ3n) is 5.68. The summed E-state index contributed by atoms with van der Waals surface area (Å²) in [4.78, 5) is 32.6. The summed E-state index contributed by atoms with van der Waals surface area (Å²) < 4.78 is 13.8. The number of aromatic amines is 1. The number of carbonyl (C=O) groups is 2. The van der Waals surface area contributed by atoms with Gasteiger partial charge in [-0.15, -0.1) is 0 Å². The summed E-state index contributed by atoms with van der Waals surface area (Å²) in [5.41, 5.74) is 2.26. The number of ketones is 1. The number of likely N-dealkylation sites (tertiary alicyclic amines) is 1. The van der Waals surface area contributed by atoms with Gasteiger partial charge in [0.2, 0.25) is 0 Å². The smallest absolute Gasteiger partial charge is 0.295 e. The molecular formula is C24H24FN3O3. The number of para-hydroxylation sites is 1. The molecule has 3 aromatic rings. The highest BCUT2D eigenvalue weighted by molar-refractivity contribution is 6.46. The molecule has 7 heteroatoms. The Hall–Kier alpha value is -3.45. The SMILES string of the molecule is Cc1cc(/C(O)=C2\C(=O)C(=O)N(CCN(C)C)C2c2c[nH]c3ccccc23)ccc1F. The third-order valence-corrected chi connectivity index (χ3v) is 5.68. The van der Waals surface area contributed by atoms with E-state index in [1.807, 2.05) is 43.3 Å². The number of amides is 1. The first-order chi connectivity index (χ1) is 14.8. The van der Waals surface area contributed by atoms with Gasteiger partial charge >= 0.3 is 0 Å². The van der Waals surface area contributed by atoms with Gasteiger partial charge in [0.1, 0.15) is 11.6 Å². The Labute approximate surface area is 179 Å². The number of hydrogen-bond acceptors (Lipinski definition) is 4. The van der Waals surface area contributed by atoms with Gasteiger partial charge in [-0.3, -0.25) is 9.59 Å². The van der Waals surface area contributed by atoms with Crippen LogP contribution in [-0.2, 0) is 9.59 Å². The minimum absolute atomic E-state index is 0.0134. The summed E-state index contributed by atoms with van der Waals surface area (Å²) in [6, 6.07) is 11.0. The van der Waals surface area contributed by atoms with Gasteiger partial charge in [0.05, 0.1) is 11.6 Å². The van der Waals surface area contributed by atoms with Crippen molar-refractivity contribution >= 4 is 28.4 Å². The number of aryl methyl sites for hydroxylation is 1. The first kappa shape index (κ1) is 20.8. The number of benzene rings is 2. The van der Waals surface area contributed by atoms with Crippen LogP contribution in [0.5, 0.6) is 0 Å². The highest BCUT2D eigenvalue weighted by Crippen LogP contribution is 2.41. The Morgan fingerprint density at radius 3 is 2.65 bits per heavy atom. The summed E-state index contributed by atoms with van der Waals surface area (Å²) in [5, 5.41) is 12.0. The molecule has 0 saturated carbocycles. The lowest BCUT2D eigenvalue weighted by molar-refractivity contribution is -0.140. The minimum Gasteiger partial charge on any atom is -0.507 e. The molecule has 1 atom stereocenters. The molecule has 2 aromatic carbocycles. The quantitative estimate of drug-likeness (QED) is 0.375. The molecule has 1 aromatic heterocycles. The molecule has 0 aliphatic carbocycles. The van der Waals surface area contributed by atoms with Crippen LogP contribution < -0.4 is 0 Å². The second-order valence-corrected chi connectivity index (χ2v) is 8.05. The monoisotopic (exact) mass is 421 g/mol. The van der Waals surface area contributed by atoms with E-state index in [0.29, 0.717) is 24.2 Å². The number of nitrogens with one attached hydrogen (secondary N) is 1. The van der Waals surface area contributed by atoms with Crippen molar-refractivity contribution in [3.8, 4) is 0 Å². The van der Waals surface area contributed by atoms with E-state index < -0.39 is 23.5 Å². The predicted molar refractivity (Wildman–Crippen MR) is 117 cm³/mol. The Kier molecular flexibility index (Phi) is 5.37. The first-order valence-corrected chi connectivity index (χ1v) is 10.0. The lowest BCUT2D eigenvalue weighted by Gasteiger charge is -2.26. The van der Waals surface area contributed by atoms with Crippen molar-refractivity contribution in [2.24, 2.45) is 0 Å². The van der Waals surface area contributed by atoms with Gasteiger partial charge in [-0.2, -0.15) is 0 Å². The van der Waals surface area contributed by atoms with Crippen molar-refractivity contribution in [1.29, 1.82) is 0 Å². The van der Waals surface area contributed by atoms with Crippen LogP contribution in [0.4, 0.5) is 4.39 Å². The topological polar surface area (TPSA) is 76.6 Å². The maximum Gasteiger partial charge on any atom is 0.295 e. The van der Waals surface area contributed by atoms with Crippen molar-refractivity contribution in [1.82, 2.24) is 14.8 Å². The highest BCUT2D eigenvalue weighted by Gasteiger charge is 2.46. The van der Waals surface area contributed by atoms with Gasteiger partial charge in [-0.25, -0.2) is 4.39 Å². The largest absolute Gasteiger partial charge is 0.507 e. The maximum absolute atomic E-state index is 13.8. The van der Waals surface area contributed by atoms with Crippen molar-refractivity contribution in [3.05, 3.63) is 76.7 Å². The molecule has 31 heavy (non-hydrogen) atoms. The van der Waals surface area contributed by atoms with E-state index in [0.717, 1.165) is 16.5 Å². The van der Waals surface area contributed by atoms with Crippen LogP contribution in [-0.4, -0.2) is 58.8 Å². The Morgan fingerprint density at radius 2 is 1.94 bits per heavy atom. The number of nitrogens with zero attached hydrogens (tertiary/aromatic N) is 2. The number of fused-ring (bicyclic) bond motifs is 1. The standard InChI is InChI=1S/C24H24FN3O3/c1-14-12-15(8-9-18(14)25)22(29)20-21(17-13-26-19-7-5-4-6-16(17)19)28(11-10-27(2)3)24(31)23(20)30/h4-9,12-13,21,26,29H,10-11H2,1-3H3/b22-20+. The van der Waals surface area contributed by atoms with Gasteiger partial charge < -0.3 is 19.9 Å². The zero-order valence-electron chi connectivity index (χ0n) is 17.6. The number of likely N-dealkylation sites (N-methyl/N-ethyl adjacent to an activating group) is 1. The minimum atomic E-state index is -0.749. The molecule has 4 rings (SSSR count). The lowest BCUT2D eigenvalue weighted by atomic mass is 9.94.